The van der Waals surface area contributed by atoms with Gasteiger partial charge in [-0.2, -0.15) is 9.40 Å². The number of fused-ring (bicyclic) bond motifs is 1. The lowest BCUT2D eigenvalue weighted by Gasteiger charge is -2.34. The Balaban J connectivity index is 1.22. The molecule has 2 aliphatic heterocycles. The van der Waals surface area contributed by atoms with Gasteiger partial charge in [0.05, 0.1) is 24.7 Å². The molecule has 0 saturated carbocycles. The van der Waals surface area contributed by atoms with E-state index < -0.39 is 10.0 Å². The summed E-state index contributed by atoms with van der Waals surface area (Å²) in [5.74, 6) is 0.888. The number of piperazine rings is 1. The zero-order chi connectivity index (χ0) is 23.5. The summed E-state index contributed by atoms with van der Waals surface area (Å²) in [5, 5.41) is 4.08. The molecule has 10 nitrogen and oxygen atoms in total. The van der Waals surface area contributed by atoms with Crippen LogP contribution in [-0.4, -0.2) is 77.7 Å². The highest BCUT2D eigenvalue weighted by atomic mass is 32.2. The molecular weight excluding hydrogens is 458 g/mol. The first-order chi connectivity index (χ1) is 16.5. The molecule has 2 aliphatic rings. The van der Waals surface area contributed by atoms with E-state index in [4.69, 9.17) is 9.47 Å². The van der Waals surface area contributed by atoms with Gasteiger partial charge in [0.1, 0.15) is 12.7 Å². The average Bonchev–Trinajstić information content (AvgIpc) is 3.26. The predicted molar refractivity (Wildman–Crippen MR) is 122 cm³/mol. The molecule has 0 atom stereocenters. The normalized spacial score (nSPS) is 16.8. The van der Waals surface area contributed by atoms with E-state index in [-0.39, 0.29) is 23.9 Å². The zero-order valence-corrected chi connectivity index (χ0v) is 19.4. The van der Waals surface area contributed by atoms with Gasteiger partial charge in [0.2, 0.25) is 10.0 Å². The van der Waals surface area contributed by atoms with Crippen LogP contribution in [0, 0.1) is 0 Å². The molecule has 0 aliphatic carbocycles. The van der Waals surface area contributed by atoms with Crippen molar-refractivity contribution in [2.75, 3.05) is 39.4 Å². The molecule has 0 spiro atoms. The molecule has 0 N–H and O–H groups in total. The fraction of sp³-hybridized carbons (Fsp3) is 0.348. The highest BCUT2D eigenvalue weighted by Gasteiger charge is 2.31. The number of carbonyl (C=O) groups excluding carboxylic acids is 1. The summed E-state index contributed by atoms with van der Waals surface area (Å²) in [7, 11) is -3.71. The lowest BCUT2D eigenvalue weighted by atomic mass is 10.1. The second kappa shape index (κ2) is 9.43. The Labute approximate surface area is 197 Å². The molecule has 0 radical (unpaired) electrons. The number of ether oxygens (including phenoxy) is 2. The minimum Gasteiger partial charge on any atom is -0.490 e. The first kappa shape index (κ1) is 22.4. The molecule has 3 heterocycles. The molecule has 3 aromatic rings. The van der Waals surface area contributed by atoms with E-state index in [1.807, 2.05) is 12.1 Å². The summed E-state index contributed by atoms with van der Waals surface area (Å²) in [6, 6.07) is 12.1. The molecular formula is C23H25N5O5S. The molecule has 1 saturated heterocycles. The average molecular weight is 484 g/mol. The van der Waals surface area contributed by atoms with E-state index in [9.17, 15) is 13.2 Å². The minimum atomic E-state index is -3.71. The standard InChI is InChI=1S/C23H25N5O5S/c29-23(19-4-2-18(3-5-19)15-27-17-24-16-25-27)26-8-10-28(11-9-26)34(30,31)20-6-7-21-22(14-20)33-13-1-12-32-21/h2-7,14,16-17H,1,8-13,15H2. The van der Waals surface area contributed by atoms with Crippen LogP contribution in [0.3, 0.4) is 0 Å². The maximum atomic E-state index is 13.2. The van der Waals surface area contributed by atoms with Crippen molar-refractivity contribution in [1.29, 1.82) is 0 Å². The number of nitrogens with zero attached hydrogens (tertiary/aromatic N) is 5. The zero-order valence-electron chi connectivity index (χ0n) is 18.5. The summed E-state index contributed by atoms with van der Waals surface area (Å²) >= 11 is 0. The van der Waals surface area contributed by atoms with Crippen LogP contribution >= 0.6 is 0 Å². The number of benzene rings is 2. The van der Waals surface area contributed by atoms with Gasteiger partial charge in [-0.15, -0.1) is 0 Å². The fourth-order valence-electron chi connectivity index (χ4n) is 4.02. The second-order valence-electron chi connectivity index (χ2n) is 8.15. The van der Waals surface area contributed by atoms with Crippen LogP contribution in [0.2, 0.25) is 0 Å². The third-order valence-electron chi connectivity index (χ3n) is 5.89. The third kappa shape index (κ3) is 4.62. The van der Waals surface area contributed by atoms with Crippen LogP contribution in [0.15, 0.2) is 60.0 Å². The summed E-state index contributed by atoms with van der Waals surface area (Å²) < 4.78 is 40.7. The van der Waals surface area contributed by atoms with E-state index in [0.717, 1.165) is 12.0 Å². The molecule has 0 bridgehead atoms. The fourth-order valence-corrected chi connectivity index (χ4v) is 5.46. The molecule has 1 fully saturated rings. The van der Waals surface area contributed by atoms with Crippen molar-refractivity contribution >= 4 is 15.9 Å². The second-order valence-corrected chi connectivity index (χ2v) is 10.1. The van der Waals surface area contributed by atoms with Gasteiger partial charge in [-0.25, -0.2) is 18.1 Å². The number of sulfonamides is 1. The van der Waals surface area contributed by atoms with Crippen molar-refractivity contribution < 1.29 is 22.7 Å². The lowest BCUT2D eigenvalue weighted by Crippen LogP contribution is -2.50. The van der Waals surface area contributed by atoms with Crippen LogP contribution in [0.5, 0.6) is 11.5 Å². The monoisotopic (exact) mass is 483 g/mol. The molecule has 0 unspecified atom stereocenters. The topological polar surface area (TPSA) is 107 Å². The van der Waals surface area contributed by atoms with E-state index in [0.29, 0.717) is 49.9 Å². The molecule has 5 rings (SSSR count). The SMILES string of the molecule is O=C(c1ccc(Cn2cncn2)cc1)N1CCN(S(=O)(=O)c2ccc3c(c2)OCCCO3)CC1. The molecule has 34 heavy (non-hydrogen) atoms. The van der Waals surface area contributed by atoms with Crippen molar-refractivity contribution in [3.63, 3.8) is 0 Å². The summed E-state index contributed by atoms with van der Waals surface area (Å²) in [6.45, 7) is 2.70. The van der Waals surface area contributed by atoms with Crippen LogP contribution in [0.1, 0.15) is 22.3 Å². The Morgan fingerprint density at radius 2 is 1.68 bits per heavy atom. The highest BCUT2D eigenvalue weighted by molar-refractivity contribution is 7.89. The molecule has 1 amide bonds. The van der Waals surface area contributed by atoms with E-state index in [2.05, 4.69) is 10.1 Å². The van der Waals surface area contributed by atoms with Crippen molar-refractivity contribution in [1.82, 2.24) is 24.0 Å². The van der Waals surface area contributed by atoms with Crippen LogP contribution in [0.4, 0.5) is 0 Å². The molecule has 11 heteroatoms. The largest absolute Gasteiger partial charge is 0.490 e. The maximum Gasteiger partial charge on any atom is 0.253 e. The Morgan fingerprint density at radius 1 is 0.941 bits per heavy atom. The van der Waals surface area contributed by atoms with Gasteiger partial charge < -0.3 is 14.4 Å². The molecule has 2 aromatic carbocycles. The van der Waals surface area contributed by atoms with Crippen LogP contribution < -0.4 is 9.47 Å². The highest BCUT2D eigenvalue weighted by Crippen LogP contribution is 2.33. The summed E-state index contributed by atoms with van der Waals surface area (Å²) in [4.78, 5) is 18.7. The number of rotatable bonds is 5. The van der Waals surface area contributed by atoms with Gasteiger partial charge in [0, 0.05) is 44.2 Å². The van der Waals surface area contributed by atoms with E-state index >= 15 is 0 Å². The first-order valence-electron chi connectivity index (χ1n) is 11.1. The number of amides is 1. The lowest BCUT2D eigenvalue weighted by molar-refractivity contribution is 0.0698. The van der Waals surface area contributed by atoms with Crippen molar-refractivity contribution in [2.24, 2.45) is 0 Å². The first-order valence-corrected chi connectivity index (χ1v) is 12.6. The van der Waals surface area contributed by atoms with Gasteiger partial charge in [-0.3, -0.25) is 4.79 Å². The Hall–Kier alpha value is -3.44. The van der Waals surface area contributed by atoms with Gasteiger partial charge >= 0.3 is 0 Å². The maximum absolute atomic E-state index is 13.2. The smallest absolute Gasteiger partial charge is 0.253 e. The van der Waals surface area contributed by atoms with Crippen molar-refractivity contribution in [3.05, 3.63) is 66.2 Å². The molecule has 178 valence electrons. The Kier molecular flexibility index (Phi) is 6.20. The van der Waals surface area contributed by atoms with Gasteiger partial charge in [-0.05, 0) is 29.8 Å². The number of carbonyl (C=O) groups is 1. The molecule has 1 aromatic heterocycles. The predicted octanol–water partition coefficient (Wildman–Crippen LogP) is 1.63. The number of hydrogen-bond donors (Lipinski definition) is 0. The van der Waals surface area contributed by atoms with Crippen LogP contribution in [-0.2, 0) is 16.6 Å². The summed E-state index contributed by atoms with van der Waals surface area (Å²) in [5.41, 5.74) is 1.58. The Morgan fingerprint density at radius 3 is 2.38 bits per heavy atom. The summed E-state index contributed by atoms with van der Waals surface area (Å²) in [6.07, 6.45) is 3.86. The quantitative estimate of drug-likeness (QED) is 0.543. The van der Waals surface area contributed by atoms with Gasteiger partial charge in [-0.1, -0.05) is 12.1 Å². The van der Waals surface area contributed by atoms with Crippen LogP contribution in [0.25, 0.3) is 0 Å². The Bertz CT molecular complexity index is 1250. The van der Waals surface area contributed by atoms with E-state index in [1.54, 1.807) is 40.2 Å². The third-order valence-corrected chi connectivity index (χ3v) is 7.79. The van der Waals surface area contributed by atoms with Gasteiger partial charge in [0.15, 0.2) is 11.5 Å². The number of aromatic nitrogens is 3. The van der Waals surface area contributed by atoms with E-state index in [1.165, 1.54) is 16.7 Å². The van der Waals surface area contributed by atoms with Crippen molar-refractivity contribution in [2.45, 2.75) is 17.9 Å². The minimum absolute atomic E-state index is 0.111. The van der Waals surface area contributed by atoms with Gasteiger partial charge in [0.25, 0.3) is 5.91 Å². The van der Waals surface area contributed by atoms with Crippen molar-refractivity contribution in [3.8, 4) is 11.5 Å². The number of hydrogen-bond acceptors (Lipinski definition) is 7.